The summed E-state index contributed by atoms with van der Waals surface area (Å²) in [7, 11) is 0. The Kier molecular flexibility index (Phi) is 8.10. The van der Waals surface area contributed by atoms with E-state index in [1.165, 1.54) is 6.92 Å². The fourth-order valence-electron chi connectivity index (χ4n) is 4.23. The first-order chi connectivity index (χ1) is 12.5. The van der Waals surface area contributed by atoms with Gasteiger partial charge in [0.15, 0.2) is 0 Å². The lowest BCUT2D eigenvalue weighted by molar-refractivity contribution is -0.138. The van der Waals surface area contributed by atoms with Gasteiger partial charge in [-0.15, -0.1) is 6.58 Å². The third-order valence-corrected chi connectivity index (χ3v) is 5.70. The molecule has 0 aromatic rings. The average molecular weight is 366 g/mol. The summed E-state index contributed by atoms with van der Waals surface area (Å²) in [4.78, 5) is 27.6. The second-order valence-electron chi connectivity index (χ2n) is 7.65. The molecule has 1 aliphatic carbocycles. The molecule has 6 heteroatoms. The number of hydrogen-bond donors (Lipinski definition) is 2. The van der Waals surface area contributed by atoms with E-state index in [0.29, 0.717) is 13.0 Å². The predicted octanol–water partition coefficient (Wildman–Crippen LogP) is 1.71. The van der Waals surface area contributed by atoms with Crippen LogP contribution in [0.25, 0.3) is 0 Å². The van der Waals surface area contributed by atoms with Gasteiger partial charge in [0, 0.05) is 39.0 Å². The molecule has 2 N–H and O–H groups in total. The molecule has 2 rings (SSSR count). The molecule has 1 saturated carbocycles. The second-order valence-corrected chi connectivity index (χ2v) is 7.65. The minimum absolute atomic E-state index is 0.0361. The van der Waals surface area contributed by atoms with Gasteiger partial charge in [0.25, 0.3) is 0 Å². The Morgan fingerprint density at radius 2 is 2.04 bits per heavy atom. The molecule has 0 spiro atoms. The van der Waals surface area contributed by atoms with Crippen molar-refractivity contribution in [2.45, 2.75) is 51.5 Å². The SMILES string of the molecule is C=CC1CCC(CN2CCOCC2)C(NC(C)=O)(C(=O)NCCCC)C1. The number of morpholine rings is 1. The van der Waals surface area contributed by atoms with Crippen molar-refractivity contribution in [3.63, 3.8) is 0 Å². The van der Waals surface area contributed by atoms with Crippen LogP contribution in [0.3, 0.4) is 0 Å². The maximum absolute atomic E-state index is 13.2. The van der Waals surface area contributed by atoms with Gasteiger partial charge in [0.05, 0.1) is 13.2 Å². The van der Waals surface area contributed by atoms with Crippen LogP contribution in [0.5, 0.6) is 0 Å². The third-order valence-electron chi connectivity index (χ3n) is 5.70. The van der Waals surface area contributed by atoms with Crippen molar-refractivity contribution in [3.05, 3.63) is 12.7 Å². The molecule has 26 heavy (non-hydrogen) atoms. The van der Waals surface area contributed by atoms with E-state index in [9.17, 15) is 9.59 Å². The Hall–Kier alpha value is -1.40. The number of carbonyl (C=O) groups excluding carboxylic acids is 2. The van der Waals surface area contributed by atoms with E-state index < -0.39 is 5.54 Å². The van der Waals surface area contributed by atoms with Gasteiger partial charge in [-0.1, -0.05) is 19.4 Å². The number of rotatable bonds is 8. The van der Waals surface area contributed by atoms with Crippen LogP contribution in [0.1, 0.15) is 46.0 Å². The summed E-state index contributed by atoms with van der Waals surface area (Å²) in [5.74, 6) is 0.167. The number of carbonyl (C=O) groups is 2. The Balaban J connectivity index is 2.22. The quantitative estimate of drug-likeness (QED) is 0.507. The van der Waals surface area contributed by atoms with Gasteiger partial charge in [-0.05, 0) is 31.6 Å². The van der Waals surface area contributed by atoms with Crippen LogP contribution in [0.4, 0.5) is 0 Å². The van der Waals surface area contributed by atoms with Crippen molar-refractivity contribution < 1.29 is 14.3 Å². The zero-order valence-corrected chi connectivity index (χ0v) is 16.4. The molecule has 1 aliphatic heterocycles. The molecule has 1 saturated heterocycles. The van der Waals surface area contributed by atoms with Gasteiger partial charge >= 0.3 is 0 Å². The average Bonchev–Trinajstić information content (AvgIpc) is 2.63. The van der Waals surface area contributed by atoms with Gasteiger partial charge < -0.3 is 15.4 Å². The van der Waals surface area contributed by atoms with Gasteiger partial charge in [-0.2, -0.15) is 0 Å². The maximum atomic E-state index is 13.2. The van der Waals surface area contributed by atoms with Crippen LogP contribution in [0, 0.1) is 11.8 Å². The second kappa shape index (κ2) is 10.1. The van der Waals surface area contributed by atoms with Gasteiger partial charge in [0.1, 0.15) is 5.54 Å². The number of hydrogen-bond acceptors (Lipinski definition) is 4. The summed E-state index contributed by atoms with van der Waals surface area (Å²) < 4.78 is 5.45. The van der Waals surface area contributed by atoms with Gasteiger partial charge in [-0.3, -0.25) is 14.5 Å². The molecule has 0 radical (unpaired) electrons. The van der Waals surface area contributed by atoms with Crippen LogP contribution >= 0.6 is 0 Å². The van der Waals surface area contributed by atoms with Crippen LogP contribution < -0.4 is 10.6 Å². The van der Waals surface area contributed by atoms with Crippen LogP contribution in [0.15, 0.2) is 12.7 Å². The molecule has 0 bridgehead atoms. The van der Waals surface area contributed by atoms with E-state index in [0.717, 1.165) is 58.5 Å². The highest BCUT2D eigenvalue weighted by Gasteiger charge is 2.50. The van der Waals surface area contributed by atoms with Crippen molar-refractivity contribution in [2.75, 3.05) is 39.4 Å². The zero-order chi connectivity index (χ0) is 19.0. The van der Waals surface area contributed by atoms with E-state index in [2.05, 4.69) is 29.0 Å². The number of ether oxygens (including phenoxy) is 1. The molecule has 2 amide bonds. The topological polar surface area (TPSA) is 70.7 Å². The molecular weight excluding hydrogens is 330 g/mol. The highest BCUT2D eigenvalue weighted by molar-refractivity contribution is 5.91. The Morgan fingerprint density at radius 3 is 2.65 bits per heavy atom. The summed E-state index contributed by atoms with van der Waals surface area (Å²) in [6.07, 6.45) is 6.46. The molecule has 2 fully saturated rings. The summed E-state index contributed by atoms with van der Waals surface area (Å²) in [5.41, 5.74) is -0.852. The van der Waals surface area contributed by atoms with Gasteiger partial charge in [-0.25, -0.2) is 0 Å². The fraction of sp³-hybridized carbons (Fsp3) is 0.800. The minimum Gasteiger partial charge on any atom is -0.379 e. The molecule has 148 valence electrons. The first-order valence-electron chi connectivity index (χ1n) is 10.0. The lowest BCUT2D eigenvalue weighted by atomic mass is 9.67. The van der Waals surface area contributed by atoms with Crippen molar-refractivity contribution in [2.24, 2.45) is 11.8 Å². The van der Waals surface area contributed by atoms with Crippen LogP contribution in [-0.2, 0) is 14.3 Å². The molecule has 1 heterocycles. The summed E-state index contributed by atoms with van der Waals surface area (Å²) in [5, 5.41) is 6.15. The maximum Gasteiger partial charge on any atom is 0.246 e. The zero-order valence-electron chi connectivity index (χ0n) is 16.4. The number of nitrogens with zero attached hydrogens (tertiary/aromatic N) is 1. The van der Waals surface area contributed by atoms with Gasteiger partial charge in [0.2, 0.25) is 11.8 Å². The number of amides is 2. The first kappa shape index (κ1) is 20.9. The highest BCUT2D eigenvalue weighted by Crippen LogP contribution is 2.39. The standard InChI is InChI=1S/C20H35N3O3/c1-4-6-9-21-19(25)20(22-16(3)24)14-17(5-2)7-8-18(20)15-23-10-12-26-13-11-23/h5,17-18H,2,4,6-15H2,1,3H3,(H,21,25)(H,22,24). The number of nitrogens with one attached hydrogen (secondary N) is 2. The van der Waals surface area contributed by atoms with Crippen molar-refractivity contribution in [1.29, 1.82) is 0 Å². The lowest BCUT2D eigenvalue weighted by Gasteiger charge is -2.47. The number of allylic oxidation sites excluding steroid dienone is 1. The molecular formula is C20H35N3O3. The molecule has 6 nitrogen and oxygen atoms in total. The Bertz CT molecular complexity index is 491. The molecule has 0 aromatic carbocycles. The largest absolute Gasteiger partial charge is 0.379 e. The molecule has 3 unspecified atom stereocenters. The van der Waals surface area contributed by atoms with Crippen molar-refractivity contribution in [3.8, 4) is 0 Å². The van der Waals surface area contributed by atoms with Crippen LogP contribution in [-0.4, -0.2) is 61.6 Å². The summed E-state index contributed by atoms with van der Waals surface area (Å²) >= 11 is 0. The Morgan fingerprint density at radius 1 is 1.31 bits per heavy atom. The monoisotopic (exact) mass is 365 g/mol. The predicted molar refractivity (Wildman–Crippen MR) is 103 cm³/mol. The molecule has 0 aromatic heterocycles. The highest BCUT2D eigenvalue weighted by atomic mass is 16.5. The van der Waals surface area contributed by atoms with E-state index in [1.807, 2.05) is 6.08 Å². The minimum atomic E-state index is -0.852. The molecule has 2 aliphatic rings. The third kappa shape index (κ3) is 5.30. The normalized spacial score (nSPS) is 29.8. The van der Waals surface area contributed by atoms with E-state index in [4.69, 9.17) is 4.74 Å². The Labute approximate surface area is 157 Å². The van der Waals surface area contributed by atoms with Crippen LogP contribution in [0.2, 0.25) is 0 Å². The number of unbranched alkanes of at least 4 members (excludes halogenated alkanes) is 1. The lowest BCUT2D eigenvalue weighted by Crippen LogP contribution is -2.66. The van der Waals surface area contributed by atoms with E-state index in [-0.39, 0.29) is 23.7 Å². The summed E-state index contributed by atoms with van der Waals surface area (Å²) in [6, 6.07) is 0. The summed E-state index contributed by atoms with van der Waals surface area (Å²) in [6.45, 7) is 12.2. The molecule has 3 atom stereocenters. The van der Waals surface area contributed by atoms with E-state index >= 15 is 0 Å². The van der Waals surface area contributed by atoms with Crippen molar-refractivity contribution in [1.82, 2.24) is 15.5 Å². The fourth-order valence-corrected chi connectivity index (χ4v) is 4.23. The smallest absolute Gasteiger partial charge is 0.246 e. The first-order valence-corrected chi connectivity index (χ1v) is 10.0. The van der Waals surface area contributed by atoms with Crippen molar-refractivity contribution >= 4 is 11.8 Å². The van der Waals surface area contributed by atoms with E-state index in [1.54, 1.807) is 0 Å².